The number of carbonyl (C=O) groups excluding carboxylic acids is 1. The van der Waals surface area contributed by atoms with Gasteiger partial charge in [0.2, 0.25) is 11.5 Å². The van der Waals surface area contributed by atoms with Gasteiger partial charge < -0.3 is 16.2 Å². The number of nitrogens with one attached hydrogen (secondary N) is 1. The Balaban J connectivity index is 2.47. The first-order chi connectivity index (χ1) is 7.02. The van der Waals surface area contributed by atoms with Crippen molar-refractivity contribution in [1.29, 1.82) is 0 Å². The van der Waals surface area contributed by atoms with Crippen LogP contribution in [0.15, 0.2) is 4.63 Å². The first-order valence-electron chi connectivity index (χ1n) is 4.56. The second-order valence-corrected chi connectivity index (χ2v) is 3.52. The molecule has 0 saturated carbocycles. The van der Waals surface area contributed by atoms with E-state index in [-0.39, 0.29) is 24.0 Å². The van der Waals surface area contributed by atoms with Crippen LogP contribution in [-0.4, -0.2) is 34.0 Å². The summed E-state index contributed by atoms with van der Waals surface area (Å²) in [6, 6.07) is 0. The van der Waals surface area contributed by atoms with E-state index in [1.54, 1.807) is 0 Å². The number of nitrogens with zero attached hydrogens (tertiary/aromatic N) is 2. The average molecular weight is 214 g/mol. The Kier molecular flexibility index (Phi) is 3.62. The van der Waals surface area contributed by atoms with Gasteiger partial charge in [0.25, 0.3) is 5.91 Å². The lowest BCUT2D eigenvalue weighted by Crippen LogP contribution is -2.35. The van der Waals surface area contributed by atoms with Gasteiger partial charge in [-0.3, -0.25) is 4.79 Å². The number of hydrogen-bond acceptors (Lipinski definition) is 6. The Morgan fingerprint density at radius 3 is 2.73 bits per heavy atom. The van der Waals surface area contributed by atoms with Crippen LogP contribution < -0.4 is 11.1 Å². The molecule has 0 aliphatic rings. The Hall–Kier alpha value is -1.63. The van der Waals surface area contributed by atoms with Crippen LogP contribution in [0.5, 0.6) is 0 Å². The number of aliphatic hydroxyl groups is 1. The van der Waals surface area contributed by atoms with Crippen LogP contribution in [-0.2, 0) is 0 Å². The maximum absolute atomic E-state index is 11.4. The summed E-state index contributed by atoms with van der Waals surface area (Å²) >= 11 is 0. The van der Waals surface area contributed by atoms with Gasteiger partial charge in [0.15, 0.2) is 0 Å². The number of aromatic nitrogens is 2. The molecule has 0 bridgehead atoms. The lowest BCUT2D eigenvalue weighted by molar-refractivity contribution is 0.0863. The molecule has 84 valence electrons. The smallest absolute Gasteiger partial charge is 0.277 e. The predicted molar refractivity (Wildman–Crippen MR) is 51.9 cm³/mol. The maximum Gasteiger partial charge on any atom is 0.277 e. The molecular formula is C8H14N4O3. The molecule has 4 N–H and O–H groups in total. The molecule has 1 aromatic heterocycles. The zero-order chi connectivity index (χ0) is 11.4. The summed E-state index contributed by atoms with van der Waals surface area (Å²) in [5.74, 6) is -0.502. The summed E-state index contributed by atoms with van der Waals surface area (Å²) in [4.78, 5) is 11.4. The van der Waals surface area contributed by atoms with Gasteiger partial charge in [-0.15, -0.1) is 0 Å². The number of carbonyl (C=O) groups is 1. The molecule has 1 rings (SSSR count). The fourth-order valence-corrected chi connectivity index (χ4v) is 0.870. The monoisotopic (exact) mass is 214 g/mol. The van der Waals surface area contributed by atoms with Gasteiger partial charge in [-0.25, -0.2) is 4.63 Å². The Labute approximate surface area is 86.6 Å². The number of hydrogen-bond donors (Lipinski definition) is 3. The van der Waals surface area contributed by atoms with Gasteiger partial charge in [0, 0.05) is 6.54 Å². The summed E-state index contributed by atoms with van der Waals surface area (Å²) < 4.78 is 4.27. The van der Waals surface area contributed by atoms with E-state index in [4.69, 9.17) is 5.73 Å². The van der Waals surface area contributed by atoms with Gasteiger partial charge >= 0.3 is 0 Å². The quantitative estimate of drug-likeness (QED) is 0.616. The third-order valence-corrected chi connectivity index (χ3v) is 1.97. The van der Waals surface area contributed by atoms with E-state index >= 15 is 0 Å². The van der Waals surface area contributed by atoms with Crippen LogP contribution in [0, 0.1) is 5.92 Å². The molecule has 1 amide bonds. The molecule has 1 heterocycles. The fourth-order valence-electron chi connectivity index (χ4n) is 0.870. The van der Waals surface area contributed by atoms with Crippen LogP contribution >= 0.6 is 0 Å². The molecule has 0 aromatic carbocycles. The van der Waals surface area contributed by atoms with Crippen molar-refractivity contribution in [2.45, 2.75) is 20.0 Å². The van der Waals surface area contributed by atoms with E-state index < -0.39 is 12.0 Å². The molecular weight excluding hydrogens is 200 g/mol. The summed E-state index contributed by atoms with van der Waals surface area (Å²) in [5, 5.41) is 18.5. The van der Waals surface area contributed by atoms with E-state index in [0.29, 0.717) is 0 Å². The molecule has 1 aromatic rings. The number of nitrogen functional groups attached to an aromatic ring is 1. The first-order valence-corrected chi connectivity index (χ1v) is 4.56. The molecule has 1 unspecified atom stereocenters. The average Bonchev–Trinajstić information content (AvgIpc) is 2.60. The third-order valence-electron chi connectivity index (χ3n) is 1.97. The molecule has 0 fully saturated rings. The predicted octanol–water partition coefficient (Wildman–Crippen LogP) is -0.602. The minimum absolute atomic E-state index is 0.0634. The third kappa shape index (κ3) is 2.91. The van der Waals surface area contributed by atoms with E-state index in [1.807, 2.05) is 13.8 Å². The molecule has 0 aliphatic carbocycles. The van der Waals surface area contributed by atoms with Crippen LogP contribution in [0.3, 0.4) is 0 Å². The molecule has 0 saturated heterocycles. The number of rotatable bonds is 4. The molecule has 0 spiro atoms. The highest BCUT2D eigenvalue weighted by Crippen LogP contribution is 2.04. The van der Waals surface area contributed by atoms with E-state index in [9.17, 15) is 9.90 Å². The molecule has 15 heavy (non-hydrogen) atoms. The topological polar surface area (TPSA) is 114 Å². The Morgan fingerprint density at radius 2 is 2.27 bits per heavy atom. The SMILES string of the molecule is CC(C)C(O)CNC(=O)c1nonc1N. The van der Waals surface area contributed by atoms with Crippen molar-refractivity contribution in [3.8, 4) is 0 Å². The van der Waals surface area contributed by atoms with Crippen molar-refractivity contribution in [2.75, 3.05) is 12.3 Å². The van der Waals surface area contributed by atoms with Crippen LogP contribution in [0.25, 0.3) is 0 Å². The highest BCUT2D eigenvalue weighted by molar-refractivity contribution is 5.95. The van der Waals surface area contributed by atoms with Crippen LogP contribution in [0.2, 0.25) is 0 Å². The summed E-state index contributed by atoms with van der Waals surface area (Å²) in [6.45, 7) is 3.84. The zero-order valence-corrected chi connectivity index (χ0v) is 8.60. The normalized spacial score (nSPS) is 12.8. The van der Waals surface area contributed by atoms with Crippen molar-refractivity contribution in [3.05, 3.63) is 5.69 Å². The lowest BCUT2D eigenvalue weighted by Gasteiger charge is -2.14. The van der Waals surface area contributed by atoms with Gasteiger partial charge in [-0.05, 0) is 16.2 Å². The van der Waals surface area contributed by atoms with E-state index in [1.165, 1.54) is 0 Å². The number of anilines is 1. The van der Waals surface area contributed by atoms with Crippen LogP contribution in [0.1, 0.15) is 24.3 Å². The highest BCUT2D eigenvalue weighted by Gasteiger charge is 2.17. The van der Waals surface area contributed by atoms with Gasteiger partial charge in [-0.2, -0.15) is 0 Å². The second-order valence-electron chi connectivity index (χ2n) is 3.52. The van der Waals surface area contributed by atoms with Crippen molar-refractivity contribution in [2.24, 2.45) is 5.92 Å². The number of amides is 1. The minimum atomic E-state index is -0.602. The summed E-state index contributed by atoms with van der Waals surface area (Å²) in [6.07, 6.45) is -0.602. The Morgan fingerprint density at radius 1 is 1.60 bits per heavy atom. The molecule has 7 heteroatoms. The second kappa shape index (κ2) is 4.74. The lowest BCUT2D eigenvalue weighted by atomic mass is 10.1. The Bertz CT molecular complexity index is 336. The standard InChI is InChI=1S/C8H14N4O3/c1-4(2)5(13)3-10-8(14)6-7(9)12-15-11-6/h4-5,13H,3H2,1-2H3,(H2,9,12)(H,10,14). The summed E-state index contributed by atoms with van der Waals surface area (Å²) in [7, 11) is 0. The van der Waals surface area contributed by atoms with Crippen molar-refractivity contribution in [3.63, 3.8) is 0 Å². The molecule has 1 atom stereocenters. The molecule has 7 nitrogen and oxygen atoms in total. The van der Waals surface area contributed by atoms with Gasteiger partial charge in [-0.1, -0.05) is 13.8 Å². The van der Waals surface area contributed by atoms with Gasteiger partial charge in [0.05, 0.1) is 6.10 Å². The first kappa shape index (κ1) is 11.4. The van der Waals surface area contributed by atoms with Crippen molar-refractivity contribution < 1.29 is 14.5 Å². The maximum atomic E-state index is 11.4. The van der Waals surface area contributed by atoms with Crippen molar-refractivity contribution in [1.82, 2.24) is 15.6 Å². The minimum Gasteiger partial charge on any atom is -0.391 e. The largest absolute Gasteiger partial charge is 0.391 e. The molecule has 0 aliphatic heterocycles. The molecule has 0 radical (unpaired) electrons. The van der Waals surface area contributed by atoms with E-state index in [0.717, 1.165) is 0 Å². The number of aliphatic hydroxyl groups excluding tert-OH is 1. The highest BCUT2D eigenvalue weighted by atomic mass is 16.6. The van der Waals surface area contributed by atoms with E-state index in [2.05, 4.69) is 20.3 Å². The summed E-state index contributed by atoms with van der Waals surface area (Å²) in [5.41, 5.74) is 5.25. The number of nitrogens with two attached hydrogens (primary N) is 1. The fraction of sp³-hybridized carbons (Fsp3) is 0.625. The van der Waals surface area contributed by atoms with Crippen molar-refractivity contribution >= 4 is 11.7 Å². The zero-order valence-electron chi connectivity index (χ0n) is 8.60. The van der Waals surface area contributed by atoms with Crippen LogP contribution in [0.4, 0.5) is 5.82 Å². The van der Waals surface area contributed by atoms with Gasteiger partial charge in [0.1, 0.15) is 0 Å².